The van der Waals surface area contributed by atoms with Crippen LogP contribution < -0.4 is 0 Å². The number of rotatable bonds is 5. The van der Waals surface area contributed by atoms with Gasteiger partial charge in [0, 0.05) is 24.2 Å². The highest BCUT2D eigenvalue weighted by Crippen LogP contribution is 2.24. The van der Waals surface area contributed by atoms with Crippen LogP contribution in [0.5, 0.6) is 0 Å². The standard InChI is InChI=1S/C17H27ClN2O/c1-13-10-15(18)11-14(2)17(13)12-20(8-9-21)16-4-6-19(3)7-5-16/h10-11,16,21H,4-9,12H2,1-3H3. The van der Waals surface area contributed by atoms with Crippen LogP contribution in [0.1, 0.15) is 29.5 Å². The molecule has 4 heteroatoms. The lowest BCUT2D eigenvalue weighted by Gasteiger charge is -2.37. The van der Waals surface area contributed by atoms with E-state index in [1.807, 2.05) is 12.1 Å². The lowest BCUT2D eigenvalue weighted by molar-refractivity contribution is 0.0938. The van der Waals surface area contributed by atoms with E-state index in [2.05, 4.69) is 30.7 Å². The van der Waals surface area contributed by atoms with Gasteiger partial charge in [0.2, 0.25) is 0 Å². The maximum absolute atomic E-state index is 9.41. The van der Waals surface area contributed by atoms with Crippen molar-refractivity contribution >= 4 is 11.6 Å². The first-order valence-electron chi connectivity index (χ1n) is 7.80. The van der Waals surface area contributed by atoms with E-state index in [0.29, 0.717) is 6.04 Å². The van der Waals surface area contributed by atoms with Gasteiger partial charge in [0.15, 0.2) is 0 Å². The Balaban J connectivity index is 2.13. The lowest BCUT2D eigenvalue weighted by atomic mass is 9.99. The first kappa shape index (κ1) is 16.8. The van der Waals surface area contributed by atoms with Crippen molar-refractivity contribution in [3.05, 3.63) is 33.8 Å². The van der Waals surface area contributed by atoms with Crippen LogP contribution in [-0.4, -0.2) is 54.2 Å². The van der Waals surface area contributed by atoms with Gasteiger partial charge in [-0.1, -0.05) is 11.6 Å². The number of hydrogen-bond donors (Lipinski definition) is 1. The van der Waals surface area contributed by atoms with Gasteiger partial charge in [-0.3, -0.25) is 4.90 Å². The Morgan fingerprint density at radius 1 is 1.24 bits per heavy atom. The van der Waals surface area contributed by atoms with E-state index in [-0.39, 0.29) is 6.61 Å². The molecule has 0 saturated carbocycles. The molecule has 0 amide bonds. The minimum Gasteiger partial charge on any atom is -0.395 e. The van der Waals surface area contributed by atoms with Crippen LogP contribution in [0.2, 0.25) is 5.02 Å². The molecule has 21 heavy (non-hydrogen) atoms. The van der Waals surface area contributed by atoms with Crippen LogP contribution >= 0.6 is 11.6 Å². The summed E-state index contributed by atoms with van der Waals surface area (Å²) in [6.07, 6.45) is 2.37. The van der Waals surface area contributed by atoms with E-state index in [1.165, 1.54) is 29.5 Å². The molecule has 3 nitrogen and oxygen atoms in total. The van der Waals surface area contributed by atoms with Crippen molar-refractivity contribution in [2.24, 2.45) is 0 Å². The molecule has 0 bridgehead atoms. The van der Waals surface area contributed by atoms with Crippen LogP contribution in [-0.2, 0) is 6.54 Å². The molecule has 1 aliphatic rings. The van der Waals surface area contributed by atoms with Crippen LogP contribution in [0.15, 0.2) is 12.1 Å². The zero-order valence-corrected chi connectivity index (χ0v) is 14.2. The second kappa shape index (κ2) is 7.59. The number of aryl methyl sites for hydroxylation is 2. The summed E-state index contributed by atoms with van der Waals surface area (Å²) in [7, 11) is 2.18. The first-order chi connectivity index (χ1) is 10.0. The summed E-state index contributed by atoms with van der Waals surface area (Å²) in [4.78, 5) is 4.82. The highest BCUT2D eigenvalue weighted by atomic mass is 35.5. The van der Waals surface area contributed by atoms with Crippen molar-refractivity contribution in [3.63, 3.8) is 0 Å². The molecule has 0 radical (unpaired) electrons. The summed E-state index contributed by atoms with van der Waals surface area (Å²) >= 11 is 6.13. The van der Waals surface area contributed by atoms with Crippen molar-refractivity contribution in [1.29, 1.82) is 0 Å². The van der Waals surface area contributed by atoms with Gasteiger partial charge < -0.3 is 10.0 Å². The van der Waals surface area contributed by atoms with E-state index >= 15 is 0 Å². The Hall–Kier alpha value is -0.610. The lowest BCUT2D eigenvalue weighted by Crippen LogP contribution is -2.44. The number of aliphatic hydroxyl groups excluding tert-OH is 1. The van der Waals surface area contributed by atoms with Crippen molar-refractivity contribution in [2.75, 3.05) is 33.3 Å². The average Bonchev–Trinajstić information content (AvgIpc) is 2.42. The Kier molecular flexibility index (Phi) is 6.06. The molecule has 0 spiro atoms. The Labute approximate surface area is 133 Å². The zero-order valence-electron chi connectivity index (χ0n) is 13.4. The van der Waals surface area contributed by atoms with Crippen molar-refractivity contribution in [3.8, 4) is 0 Å². The smallest absolute Gasteiger partial charge is 0.0558 e. The summed E-state index contributed by atoms with van der Waals surface area (Å²) in [6, 6.07) is 4.65. The number of halogens is 1. The minimum absolute atomic E-state index is 0.220. The summed E-state index contributed by atoms with van der Waals surface area (Å²) < 4.78 is 0. The number of hydrogen-bond acceptors (Lipinski definition) is 3. The van der Waals surface area contributed by atoms with E-state index < -0.39 is 0 Å². The van der Waals surface area contributed by atoms with Gasteiger partial charge in [0.05, 0.1) is 6.61 Å². The van der Waals surface area contributed by atoms with Crippen LogP contribution in [0.25, 0.3) is 0 Å². The molecule has 0 aliphatic carbocycles. The number of likely N-dealkylation sites (tertiary alicyclic amines) is 1. The molecule has 1 aromatic carbocycles. The largest absolute Gasteiger partial charge is 0.395 e. The van der Waals surface area contributed by atoms with Gasteiger partial charge in [0.25, 0.3) is 0 Å². The van der Waals surface area contributed by atoms with Crippen molar-refractivity contribution in [1.82, 2.24) is 9.80 Å². The Morgan fingerprint density at radius 3 is 2.33 bits per heavy atom. The first-order valence-corrected chi connectivity index (χ1v) is 8.18. The molecule has 1 N–H and O–H groups in total. The molecule has 2 rings (SSSR count). The maximum atomic E-state index is 9.41. The van der Waals surface area contributed by atoms with E-state index in [0.717, 1.165) is 31.2 Å². The molecule has 0 unspecified atom stereocenters. The Bertz CT molecular complexity index is 447. The molecule has 1 saturated heterocycles. The number of benzene rings is 1. The SMILES string of the molecule is Cc1cc(Cl)cc(C)c1CN(CCO)C1CCN(C)CC1. The van der Waals surface area contributed by atoms with E-state index in [4.69, 9.17) is 11.6 Å². The second-order valence-electron chi connectivity index (χ2n) is 6.25. The fourth-order valence-electron chi connectivity index (χ4n) is 3.27. The van der Waals surface area contributed by atoms with E-state index in [9.17, 15) is 5.11 Å². The molecular formula is C17H27ClN2O. The van der Waals surface area contributed by atoms with Crippen LogP contribution in [0, 0.1) is 13.8 Å². The predicted octanol–water partition coefficient (Wildman–Crippen LogP) is 2.85. The highest BCUT2D eigenvalue weighted by Gasteiger charge is 2.23. The predicted molar refractivity (Wildman–Crippen MR) is 88.9 cm³/mol. The van der Waals surface area contributed by atoms with Gasteiger partial charge >= 0.3 is 0 Å². The summed E-state index contributed by atoms with van der Waals surface area (Å²) in [5.41, 5.74) is 3.85. The molecular weight excluding hydrogens is 284 g/mol. The second-order valence-corrected chi connectivity index (χ2v) is 6.68. The normalized spacial score (nSPS) is 17.6. The summed E-state index contributed by atoms with van der Waals surface area (Å²) in [5.74, 6) is 0. The third-order valence-electron chi connectivity index (χ3n) is 4.61. The number of aliphatic hydroxyl groups is 1. The molecule has 1 aliphatic heterocycles. The quantitative estimate of drug-likeness (QED) is 0.906. The van der Waals surface area contributed by atoms with Gasteiger partial charge in [-0.25, -0.2) is 0 Å². The monoisotopic (exact) mass is 310 g/mol. The molecule has 0 atom stereocenters. The fourth-order valence-corrected chi connectivity index (χ4v) is 3.60. The van der Waals surface area contributed by atoms with E-state index in [1.54, 1.807) is 0 Å². The van der Waals surface area contributed by atoms with Crippen LogP contribution in [0.3, 0.4) is 0 Å². The number of nitrogens with zero attached hydrogens (tertiary/aromatic N) is 2. The fraction of sp³-hybridized carbons (Fsp3) is 0.647. The highest BCUT2D eigenvalue weighted by molar-refractivity contribution is 6.30. The van der Waals surface area contributed by atoms with Crippen molar-refractivity contribution in [2.45, 2.75) is 39.3 Å². The summed E-state index contributed by atoms with van der Waals surface area (Å²) in [5, 5.41) is 10.2. The maximum Gasteiger partial charge on any atom is 0.0558 e. The molecule has 1 aromatic rings. The van der Waals surface area contributed by atoms with Gasteiger partial charge in [-0.05, 0) is 75.6 Å². The van der Waals surface area contributed by atoms with Gasteiger partial charge in [-0.2, -0.15) is 0 Å². The third-order valence-corrected chi connectivity index (χ3v) is 4.83. The molecule has 118 valence electrons. The minimum atomic E-state index is 0.220. The topological polar surface area (TPSA) is 26.7 Å². The Morgan fingerprint density at radius 2 is 1.81 bits per heavy atom. The number of piperidine rings is 1. The third kappa shape index (κ3) is 4.43. The van der Waals surface area contributed by atoms with Gasteiger partial charge in [-0.15, -0.1) is 0 Å². The average molecular weight is 311 g/mol. The zero-order chi connectivity index (χ0) is 15.4. The van der Waals surface area contributed by atoms with Crippen molar-refractivity contribution < 1.29 is 5.11 Å². The summed E-state index contributed by atoms with van der Waals surface area (Å²) in [6.45, 7) is 8.41. The molecule has 1 heterocycles. The molecule has 0 aromatic heterocycles. The molecule has 1 fully saturated rings. The van der Waals surface area contributed by atoms with Crippen LogP contribution in [0.4, 0.5) is 0 Å². The van der Waals surface area contributed by atoms with Gasteiger partial charge in [0.1, 0.15) is 0 Å².